The van der Waals surface area contributed by atoms with Crippen LogP contribution in [-0.2, 0) is 5.41 Å². The molecule has 1 aromatic carbocycles. The van der Waals surface area contributed by atoms with E-state index in [0.29, 0.717) is 5.41 Å². The lowest BCUT2D eigenvalue weighted by Gasteiger charge is -2.12. The number of aromatic nitrogens is 1. The average Bonchev–Trinajstić information content (AvgIpc) is 2.91. The van der Waals surface area contributed by atoms with Crippen LogP contribution in [0.5, 0.6) is 0 Å². The summed E-state index contributed by atoms with van der Waals surface area (Å²) in [6.45, 7) is 0.791. The third kappa shape index (κ3) is 1.29. The number of hydrogen-bond acceptors (Lipinski definition) is 1. The fraction of sp³-hybridized carbons (Fsp3) is 0.385. The largest absolute Gasteiger partial charge is 0.361 e. The van der Waals surface area contributed by atoms with E-state index in [-0.39, 0.29) is 0 Å². The van der Waals surface area contributed by atoms with Crippen molar-refractivity contribution >= 4 is 10.9 Å². The van der Waals surface area contributed by atoms with Gasteiger partial charge in [0.2, 0.25) is 0 Å². The van der Waals surface area contributed by atoms with Crippen molar-refractivity contribution in [3.8, 4) is 0 Å². The maximum Gasteiger partial charge on any atom is 0.0457 e. The first-order valence-electron chi connectivity index (χ1n) is 5.62. The SMILES string of the molecule is NCCC1(c2c[nH]c3ccccc23)CC1. The molecular weight excluding hydrogens is 184 g/mol. The van der Waals surface area contributed by atoms with Gasteiger partial charge in [-0.1, -0.05) is 18.2 Å². The van der Waals surface area contributed by atoms with Crippen molar-refractivity contribution in [2.45, 2.75) is 24.7 Å². The predicted molar refractivity (Wildman–Crippen MR) is 62.9 cm³/mol. The zero-order chi connectivity index (χ0) is 10.3. The van der Waals surface area contributed by atoms with E-state index in [9.17, 15) is 0 Å². The van der Waals surface area contributed by atoms with Gasteiger partial charge < -0.3 is 10.7 Å². The van der Waals surface area contributed by atoms with Crippen LogP contribution < -0.4 is 5.73 Å². The average molecular weight is 200 g/mol. The predicted octanol–water partition coefficient (Wildman–Crippen LogP) is 2.55. The van der Waals surface area contributed by atoms with Gasteiger partial charge in [-0.05, 0) is 42.9 Å². The Morgan fingerprint density at radius 1 is 1.27 bits per heavy atom. The highest BCUT2D eigenvalue weighted by atomic mass is 14.7. The van der Waals surface area contributed by atoms with Crippen LogP contribution in [0.1, 0.15) is 24.8 Å². The summed E-state index contributed by atoms with van der Waals surface area (Å²) < 4.78 is 0. The molecule has 0 bridgehead atoms. The molecule has 1 aliphatic rings. The Labute approximate surface area is 89.5 Å². The number of hydrogen-bond donors (Lipinski definition) is 2. The smallest absolute Gasteiger partial charge is 0.0457 e. The summed E-state index contributed by atoms with van der Waals surface area (Å²) in [5.41, 5.74) is 8.81. The number of H-pyrrole nitrogens is 1. The van der Waals surface area contributed by atoms with E-state index in [4.69, 9.17) is 5.73 Å². The van der Waals surface area contributed by atoms with Crippen LogP contribution in [0.4, 0.5) is 0 Å². The van der Waals surface area contributed by atoms with Gasteiger partial charge in [-0.25, -0.2) is 0 Å². The molecule has 0 saturated heterocycles. The summed E-state index contributed by atoms with van der Waals surface area (Å²) >= 11 is 0. The summed E-state index contributed by atoms with van der Waals surface area (Å²) in [6, 6.07) is 8.53. The topological polar surface area (TPSA) is 41.8 Å². The fourth-order valence-electron chi connectivity index (χ4n) is 2.59. The van der Waals surface area contributed by atoms with Gasteiger partial charge in [-0.3, -0.25) is 0 Å². The minimum Gasteiger partial charge on any atom is -0.361 e. The van der Waals surface area contributed by atoms with Crippen LogP contribution in [0.3, 0.4) is 0 Å². The van der Waals surface area contributed by atoms with Crippen LogP contribution in [0.2, 0.25) is 0 Å². The highest BCUT2D eigenvalue weighted by Gasteiger charge is 2.44. The summed E-state index contributed by atoms with van der Waals surface area (Å²) in [5, 5.41) is 1.38. The molecule has 1 saturated carbocycles. The molecule has 0 unspecified atom stereocenters. The van der Waals surface area contributed by atoms with Gasteiger partial charge in [0.1, 0.15) is 0 Å². The first-order valence-corrected chi connectivity index (χ1v) is 5.62. The van der Waals surface area contributed by atoms with Gasteiger partial charge in [-0.2, -0.15) is 0 Å². The second kappa shape index (κ2) is 3.11. The highest BCUT2D eigenvalue weighted by Crippen LogP contribution is 2.52. The van der Waals surface area contributed by atoms with Gasteiger partial charge in [0, 0.05) is 17.1 Å². The Bertz CT molecular complexity index is 480. The molecule has 0 atom stereocenters. The summed E-state index contributed by atoms with van der Waals surface area (Å²) in [5.74, 6) is 0. The molecule has 0 aliphatic heterocycles. The molecule has 3 rings (SSSR count). The van der Waals surface area contributed by atoms with Gasteiger partial charge >= 0.3 is 0 Å². The molecule has 0 amide bonds. The molecule has 0 radical (unpaired) electrons. The number of aromatic amines is 1. The Balaban J connectivity index is 2.11. The fourth-order valence-corrected chi connectivity index (χ4v) is 2.59. The standard InChI is InChI=1S/C13H16N2/c14-8-7-13(5-6-13)11-9-15-12-4-2-1-3-10(11)12/h1-4,9,15H,5-8,14H2. The lowest BCUT2D eigenvalue weighted by atomic mass is 9.92. The molecule has 1 heterocycles. The van der Waals surface area contributed by atoms with Crippen molar-refractivity contribution in [3.63, 3.8) is 0 Å². The van der Waals surface area contributed by atoms with Crippen molar-refractivity contribution in [2.75, 3.05) is 6.54 Å². The minimum absolute atomic E-state index is 0.397. The van der Waals surface area contributed by atoms with Crippen molar-refractivity contribution in [2.24, 2.45) is 5.73 Å². The molecule has 1 aromatic heterocycles. The first kappa shape index (κ1) is 8.98. The Morgan fingerprint density at radius 3 is 2.80 bits per heavy atom. The molecule has 3 N–H and O–H groups in total. The quantitative estimate of drug-likeness (QED) is 0.785. The molecule has 15 heavy (non-hydrogen) atoms. The van der Waals surface area contributed by atoms with E-state index in [1.165, 1.54) is 29.3 Å². The van der Waals surface area contributed by atoms with Gasteiger partial charge in [0.25, 0.3) is 0 Å². The van der Waals surface area contributed by atoms with Crippen LogP contribution in [0.15, 0.2) is 30.5 Å². The molecule has 2 nitrogen and oxygen atoms in total. The third-order valence-corrected chi connectivity index (χ3v) is 3.64. The van der Waals surface area contributed by atoms with Crippen LogP contribution in [-0.4, -0.2) is 11.5 Å². The van der Waals surface area contributed by atoms with Crippen molar-refractivity contribution < 1.29 is 0 Å². The van der Waals surface area contributed by atoms with E-state index in [1.807, 2.05) is 0 Å². The number of nitrogens with one attached hydrogen (secondary N) is 1. The Kier molecular flexibility index (Phi) is 1.86. The van der Waals surface area contributed by atoms with Crippen molar-refractivity contribution in [1.29, 1.82) is 0 Å². The molecule has 0 spiro atoms. The minimum atomic E-state index is 0.397. The van der Waals surface area contributed by atoms with E-state index < -0.39 is 0 Å². The molecule has 2 aromatic rings. The van der Waals surface area contributed by atoms with Crippen molar-refractivity contribution in [3.05, 3.63) is 36.0 Å². The lowest BCUT2D eigenvalue weighted by molar-refractivity contribution is 0.634. The maximum atomic E-state index is 5.69. The van der Waals surface area contributed by atoms with Crippen LogP contribution >= 0.6 is 0 Å². The van der Waals surface area contributed by atoms with E-state index in [2.05, 4.69) is 35.4 Å². The summed E-state index contributed by atoms with van der Waals surface area (Å²) in [6.07, 6.45) is 5.89. The second-order valence-corrected chi connectivity index (χ2v) is 4.57. The molecule has 2 heteroatoms. The van der Waals surface area contributed by atoms with Gasteiger partial charge in [0.15, 0.2) is 0 Å². The first-order chi connectivity index (χ1) is 7.36. The zero-order valence-corrected chi connectivity index (χ0v) is 8.79. The number of rotatable bonds is 3. The van der Waals surface area contributed by atoms with Crippen molar-refractivity contribution in [1.82, 2.24) is 4.98 Å². The molecule has 78 valence electrons. The Hall–Kier alpha value is -1.28. The lowest BCUT2D eigenvalue weighted by Crippen LogP contribution is -2.12. The van der Waals surface area contributed by atoms with E-state index in [1.54, 1.807) is 0 Å². The van der Waals surface area contributed by atoms with Crippen LogP contribution in [0, 0.1) is 0 Å². The van der Waals surface area contributed by atoms with Gasteiger partial charge in [0.05, 0.1) is 0 Å². The van der Waals surface area contributed by atoms with E-state index in [0.717, 1.165) is 13.0 Å². The number of para-hydroxylation sites is 1. The second-order valence-electron chi connectivity index (χ2n) is 4.57. The zero-order valence-electron chi connectivity index (χ0n) is 8.79. The normalized spacial score (nSPS) is 18.2. The molecule has 1 aliphatic carbocycles. The third-order valence-electron chi connectivity index (χ3n) is 3.64. The highest BCUT2D eigenvalue weighted by molar-refractivity contribution is 5.84. The van der Waals surface area contributed by atoms with E-state index >= 15 is 0 Å². The van der Waals surface area contributed by atoms with Crippen LogP contribution in [0.25, 0.3) is 10.9 Å². The number of nitrogens with two attached hydrogens (primary N) is 1. The maximum absolute atomic E-state index is 5.69. The Morgan fingerprint density at radius 2 is 2.07 bits per heavy atom. The van der Waals surface area contributed by atoms with Gasteiger partial charge in [-0.15, -0.1) is 0 Å². The summed E-state index contributed by atoms with van der Waals surface area (Å²) in [7, 11) is 0. The molecule has 1 fully saturated rings. The monoisotopic (exact) mass is 200 g/mol. The molecular formula is C13H16N2. The number of benzene rings is 1. The summed E-state index contributed by atoms with van der Waals surface area (Å²) in [4.78, 5) is 3.35. The number of fused-ring (bicyclic) bond motifs is 1.